The summed E-state index contributed by atoms with van der Waals surface area (Å²) < 4.78 is 13.7. The van der Waals surface area contributed by atoms with E-state index < -0.39 is 0 Å². The second-order valence-corrected chi connectivity index (χ2v) is 7.80. The maximum atomic E-state index is 12.3. The summed E-state index contributed by atoms with van der Waals surface area (Å²) in [4.78, 5) is 16.9. The molecule has 0 saturated carbocycles. The first kappa shape index (κ1) is 17.0. The minimum Gasteiger partial charge on any atom is -0.466 e. The Balaban J connectivity index is 1.89. The van der Waals surface area contributed by atoms with Crippen LogP contribution in [0.1, 0.15) is 51.6 Å². The lowest BCUT2D eigenvalue weighted by Gasteiger charge is -2.49. The fourth-order valence-corrected chi connectivity index (χ4v) is 4.82. The predicted molar refractivity (Wildman–Crippen MR) is 94.8 cm³/mol. The molecule has 0 radical (unpaired) electrons. The van der Waals surface area contributed by atoms with Crippen molar-refractivity contribution in [1.82, 2.24) is 14.8 Å². The third-order valence-electron chi connectivity index (χ3n) is 5.67. The van der Waals surface area contributed by atoms with Gasteiger partial charge in [-0.05, 0) is 40.8 Å². The molecule has 1 aliphatic carbocycles. The molecule has 1 aromatic rings. The molecule has 0 saturated heterocycles. The molecule has 1 aromatic heterocycles. The molecule has 7 heteroatoms. The molecule has 6 nitrogen and oxygen atoms in total. The largest absolute Gasteiger partial charge is 0.466 e. The summed E-state index contributed by atoms with van der Waals surface area (Å²) in [6.07, 6.45) is 5.43. The number of halogens is 1. The molecule has 0 fully saturated rings. The number of fused-ring (bicyclic) bond motifs is 2. The Bertz CT molecular complexity index is 785. The Hall–Kier alpha value is -1.47. The molecular formula is C18H22BrN3O3. The summed E-state index contributed by atoms with van der Waals surface area (Å²) in [6.45, 7) is 7.28. The molecule has 0 spiro atoms. The van der Waals surface area contributed by atoms with E-state index in [0.717, 1.165) is 12.2 Å². The number of aromatic nitrogens is 3. The van der Waals surface area contributed by atoms with Crippen molar-refractivity contribution in [2.45, 2.75) is 45.8 Å². The molecule has 134 valence electrons. The van der Waals surface area contributed by atoms with Gasteiger partial charge in [-0.15, -0.1) is 5.10 Å². The van der Waals surface area contributed by atoms with Crippen LogP contribution in [-0.2, 0) is 14.3 Å². The molecule has 4 atom stereocenters. The van der Waals surface area contributed by atoms with Gasteiger partial charge in [-0.2, -0.15) is 0 Å². The molecule has 3 aliphatic rings. The highest BCUT2D eigenvalue weighted by atomic mass is 79.9. The predicted octanol–water partition coefficient (Wildman–Crippen LogP) is 3.52. The highest BCUT2D eigenvalue weighted by Crippen LogP contribution is 2.58. The topological polar surface area (TPSA) is 66.2 Å². The van der Waals surface area contributed by atoms with Crippen LogP contribution in [0, 0.1) is 11.3 Å². The summed E-state index contributed by atoms with van der Waals surface area (Å²) >= 11 is 3.39. The normalized spacial score (nSPS) is 33.0. The van der Waals surface area contributed by atoms with Crippen molar-refractivity contribution in [3.05, 3.63) is 33.9 Å². The van der Waals surface area contributed by atoms with E-state index in [-0.39, 0.29) is 30.0 Å². The van der Waals surface area contributed by atoms with Gasteiger partial charge in [-0.3, -0.25) is 4.79 Å². The van der Waals surface area contributed by atoms with E-state index in [9.17, 15) is 4.79 Å². The Labute approximate surface area is 155 Å². The Morgan fingerprint density at radius 3 is 3.12 bits per heavy atom. The molecule has 0 N–H and O–H groups in total. The molecule has 0 bridgehead atoms. The zero-order chi connectivity index (χ0) is 17.8. The molecule has 4 unspecified atom stereocenters. The van der Waals surface area contributed by atoms with Crippen molar-refractivity contribution < 1.29 is 14.3 Å². The maximum Gasteiger partial charge on any atom is 0.306 e. The quantitative estimate of drug-likeness (QED) is 0.566. The first-order chi connectivity index (χ1) is 12.0. The first-order valence-corrected chi connectivity index (χ1v) is 9.57. The van der Waals surface area contributed by atoms with E-state index in [2.05, 4.69) is 52.0 Å². The van der Waals surface area contributed by atoms with Crippen LogP contribution in [0.3, 0.4) is 0 Å². The van der Waals surface area contributed by atoms with Crippen LogP contribution in [0.4, 0.5) is 0 Å². The van der Waals surface area contributed by atoms with E-state index in [1.807, 2.05) is 11.6 Å². The number of hydrogen-bond donors (Lipinski definition) is 0. The molecule has 25 heavy (non-hydrogen) atoms. The summed E-state index contributed by atoms with van der Waals surface area (Å²) in [7, 11) is 0. The molecule has 0 aromatic carbocycles. The van der Waals surface area contributed by atoms with E-state index in [1.165, 1.54) is 11.1 Å². The van der Waals surface area contributed by atoms with Crippen LogP contribution in [-0.4, -0.2) is 33.9 Å². The Kier molecular flexibility index (Phi) is 4.11. The summed E-state index contributed by atoms with van der Waals surface area (Å²) in [5.74, 6) is 0.823. The Morgan fingerprint density at radius 1 is 1.56 bits per heavy atom. The summed E-state index contributed by atoms with van der Waals surface area (Å²) in [5.41, 5.74) is 2.34. The lowest BCUT2D eigenvalue weighted by molar-refractivity contribution is -0.144. The first-order valence-electron chi connectivity index (χ1n) is 8.77. The number of nitrogens with zero attached hydrogens (tertiary/aromatic N) is 3. The van der Waals surface area contributed by atoms with Gasteiger partial charge in [-0.25, -0.2) is 9.67 Å². The highest BCUT2D eigenvalue weighted by Gasteiger charge is 2.52. The SMILES string of the molecule is CCOC(=O)CC1c2nc(Br)nn2C2OCCC3=C2C1(C)C=CC3C. The lowest BCUT2D eigenvalue weighted by atomic mass is 9.61. The van der Waals surface area contributed by atoms with E-state index in [4.69, 9.17) is 9.47 Å². The van der Waals surface area contributed by atoms with Crippen molar-refractivity contribution in [1.29, 1.82) is 0 Å². The average Bonchev–Trinajstić information content (AvgIpc) is 2.97. The molecular weight excluding hydrogens is 386 g/mol. The molecule has 3 heterocycles. The van der Waals surface area contributed by atoms with Crippen LogP contribution in [0.5, 0.6) is 0 Å². The number of ether oxygens (including phenoxy) is 2. The van der Waals surface area contributed by atoms with E-state index in [1.54, 1.807) is 0 Å². The minimum absolute atomic E-state index is 0.128. The summed E-state index contributed by atoms with van der Waals surface area (Å²) in [5, 5.41) is 4.51. The zero-order valence-corrected chi connectivity index (χ0v) is 16.2. The molecule has 4 rings (SSSR count). The van der Waals surface area contributed by atoms with Gasteiger partial charge < -0.3 is 9.47 Å². The van der Waals surface area contributed by atoms with Gasteiger partial charge >= 0.3 is 5.97 Å². The van der Waals surface area contributed by atoms with Crippen LogP contribution >= 0.6 is 15.9 Å². The lowest BCUT2D eigenvalue weighted by Crippen LogP contribution is -2.44. The number of carbonyl (C=O) groups excluding carboxylic acids is 1. The van der Waals surface area contributed by atoms with Crippen LogP contribution in [0.25, 0.3) is 0 Å². The van der Waals surface area contributed by atoms with Crippen molar-refractivity contribution in [2.75, 3.05) is 13.2 Å². The smallest absolute Gasteiger partial charge is 0.306 e. The number of rotatable bonds is 3. The second-order valence-electron chi connectivity index (χ2n) is 7.09. The molecule has 2 aliphatic heterocycles. The van der Waals surface area contributed by atoms with Gasteiger partial charge in [0.2, 0.25) is 4.73 Å². The van der Waals surface area contributed by atoms with Crippen molar-refractivity contribution >= 4 is 21.9 Å². The summed E-state index contributed by atoms with van der Waals surface area (Å²) in [6, 6.07) is 0. The van der Waals surface area contributed by atoms with Gasteiger partial charge in [0.25, 0.3) is 0 Å². The monoisotopic (exact) mass is 407 g/mol. The van der Waals surface area contributed by atoms with Gasteiger partial charge in [0, 0.05) is 11.3 Å². The van der Waals surface area contributed by atoms with Gasteiger partial charge in [-0.1, -0.05) is 31.6 Å². The Morgan fingerprint density at radius 2 is 2.36 bits per heavy atom. The fourth-order valence-electron chi connectivity index (χ4n) is 4.47. The van der Waals surface area contributed by atoms with Gasteiger partial charge in [0.15, 0.2) is 6.23 Å². The average molecular weight is 408 g/mol. The standard InChI is InChI=1S/C18H22BrN3O3/c1-4-24-13(23)9-12-15-20-17(19)21-22(15)16-14-11(6-8-25-16)10(2)5-7-18(12,14)3/h5,7,10,12,16H,4,6,8-9H2,1-3H3. The second kappa shape index (κ2) is 6.06. The zero-order valence-electron chi connectivity index (χ0n) is 14.7. The number of hydrogen-bond acceptors (Lipinski definition) is 5. The number of allylic oxidation sites excluding steroid dienone is 2. The van der Waals surface area contributed by atoms with Crippen molar-refractivity contribution in [3.8, 4) is 0 Å². The number of esters is 1. The highest BCUT2D eigenvalue weighted by molar-refractivity contribution is 9.10. The van der Waals surface area contributed by atoms with Crippen LogP contribution in [0.2, 0.25) is 0 Å². The van der Waals surface area contributed by atoms with Crippen LogP contribution in [0.15, 0.2) is 28.0 Å². The third kappa shape index (κ3) is 2.51. The van der Waals surface area contributed by atoms with E-state index >= 15 is 0 Å². The fraction of sp³-hybridized carbons (Fsp3) is 0.611. The molecule has 0 amide bonds. The van der Waals surface area contributed by atoms with Crippen LogP contribution < -0.4 is 0 Å². The van der Waals surface area contributed by atoms with Crippen molar-refractivity contribution in [3.63, 3.8) is 0 Å². The minimum atomic E-state index is -0.317. The third-order valence-corrected chi connectivity index (χ3v) is 6.00. The number of carbonyl (C=O) groups is 1. The van der Waals surface area contributed by atoms with E-state index in [0.29, 0.717) is 23.9 Å². The maximum absolute atomic E-state index is 12.3. The van der Waals surface area contributed by atoms with Gasteiger partial charge in [0.05, 0.1) is 19.6 Å². The van der Waals surface area contributed by atoms with Gasteiger partial charge in [0.1, 0.15) is 5.82 Å². The van der Waals surface area contributed by atoms with Crippen molar-refractivity contribution in [2.24, 2.45) is 11.3 Å².